The average molecular weight is 204 g/mol. The van der Waals surface area contributed by atoms with Gasteiger partial charge in [0.2, 0.25) is 0 Å². The largest absolute Gasteiger partial charge is 0.330 e. The first-order chi connectivity index (χ1) is 7.40. The van der Waals surface area contributed by atoms with E-state index in [1.807, 2.05) is 0 Å². The summed E-state index contributed by atoms with van der Waals surface area (Å²) in [5.74, 6) is 0.875. The molecule has 0 bridgehead atoms. The molecule has 1 aliphatic heterocycles. The van der Waals surface area contributed by atoms with Crippen LogP contribution in [0.25, 0.3) is 0 Å². The maximum absolute atomic E-state index is 5.38. The van der Waals surface area contributed by atoms with Gasteiger partial charge in [0.1, 0.15) is 0 Å². The third-order valence-electron chi connectivity index (χ3n) is 3.11. The molecule has 0 spiro atoms. The summed E-state index contributed by atoms with van der Waals surface area (Å²) in [6, 6.07) is 8.53. The molecule has 2 heteroatoms. The lowest BCUT2D eigenvalue weighted by Gasteiger charge is -2.02. The fourth-order valence-corrected chi connectivity index (χ4v) is 2.03. The van der Waals surface area contributed by atoms with E-state index in [0.717, 1.165) is 12.5 Å². The van der Waals surface area contributed by atoms with Crippen molar-refractivity contribution in [2.75, 3.05) is 19.6 Å². The molecule has 1 atom stereocenters. The zero-order valence-corrected chi connectivity index (χ0v) is 9.21. The summed E-state index contributed by atoms with van der Waals surface area (Å²) in [6.45, 7) is 3.24. The molecule has 1 aromatic carbocycles. The van der Waals surface area contributed by atoms with Crippen molar-refractivity contribution in [3.63, 3.8) is 0 Å². The van der Waals surface area contributed by atoms with Crippen LogP contribution in [0, 0.1) is 5.92 Å². The van der Waals surface area contributed by atoms with Crippen LogP contribution in [0.4, 0.5) is 0 Å². The van der Waals surface area contributed by atoms with Gasteiger partial charge in [0.15, 0.2) is 0 Å². The van der Waals surface area contributed by atoms with Crippen LogP contribution in [0.3, 0.4) is 0 Å². The van der Waals surface area contributed by atoms with Gasteiger partial charge in [-0.3, -0.25) is 0 Å². The molecule has 82 valence electrons. The molecular formula is C13H20N2. The molecule has 3 rings (SSSR count). The highest BCUT2D eigenvalue weighted by Crippen LogP contribution is 2.25. The molecule has 0 amide bonds. The van der Waals surface area contributed by atoms with Crippen LogP contribution in [0.2, 0.25) is 0 Å². The Morgan fingerprint density at radius 1 is 1.27 bits per heavy atom. The van der Waals surface area contributed by atoms with Gasteiger partial charge in [0.25, 0.3) is 0 Å². The SMILES string of the molecule is NCCC1CCNC1.c1ccc2c(c1)C2. The Labute approximate surface area is 91.9 Å². The van der Waals surface area contributed by atoms with E-state index in [4.69, 9.17) is 5.73 Å². The summed E-state index contributed by atoms with van der Waals surface area (Å²) >= 11 is 0. The van der Waals surface area contributed by atoms with Crippen molar-refractivity contribution < 1.29 is 0 Å². The summed E-state index contributed by atoms with van der Waals surface area (Å²) in [4.78, 5) is 0. The normalized spacial score (nSPS) is 21.5. The van der Waals surface area contributed by atoms with Crippen molar-refractivity contribution in [3.8, 4) is 0 Å². The first-order valence-corrected chi connectivity index (χ1v) is 5.87. The van der Waals surface area contributed by atoms with Crippen LogP contribution in [0.5, 0.6) is 0 Å². The Kier molecular flexibility index (Phi) is 3.75. The number of hydrogen-bond donors (Lipinski definition) is 2. The predicted molar refractivity (Wildman–Crippen MR) is 63.9 cm³/mol. The highest BCUT2D eigenvalue weighted by Gasteiger charge is 2.12. The number of nitrogens with two attached hydrogens (primary N) is 1. The fourth-order valence-electron chi connectivity index (χ4n) is 2.03. The van der Waals surface area contributed by atoms with Crippen molar-refractivity contribution in [2.45, 2.75) is 19.3 Å². The van der Waals surface area contributed by atoms with Gasteiger partial charge < -0.3 is 11.1 Å². The Balaban J connectivity index is 0.000000114. The highest BCUT2D eigenvalue weighted by molar-refractivity contribution is 5.44. The Morgan fingerprint density at radius 2 is 2.00 bits per heavy atom. The molecule has 2 aliphatic rings. The van der Waals surface area contributed by atoms with Crippen LogP contribution >= 0.6 is 0 Å². The minimum Gasteiger partial charge on any atom is -0.330 e. The Morgan fingerprint density at radius 3 is 2.47 bits per heavy atom. The van der Waals surface area contributed by atoms with E-state index < -0.39 is 0 Å². The van der Waals surface area contributed by atoms with Gasteiger partial charge in [0.05, 0.1) is 0 Å². The molecule has 1 heterocycles. The van der Waals surface area contributed by atoms with Crippen LogP contribution in [0.1, 0.15) is 24.0 Å². The number of rotatable bonds is 2. The predicted octanol–water partition coefficient (Wildman–Crippen LogP) is 1.54. The molecule has 1 fully saturated rings. The molecule has 0 saturated carbocycles. The van der Waals surface area contributed by atoms with E-state index in [1.165, 1.54) is 43.5 Å². The second-order valence-corrected chi connectivity index (χ2v) is 4.38. The molecule has 1 unspecified atom stereocenters. The molecule has 0 aromatic heterocycles. The third kappa shape index (κ3) is 3.33. The quantitative estimate of drug-likeness (QED) is 0.778. The molecular weight excluding hydrogens is 184 g/mol. The maximum atomic E-state index is 5.38. The first kappa shape index (κ1) is 10.7. The monoisotopic (exact) mass is 204 g/mol. The topological polar surface area (TPSA) is 38.0 Å². The number of fused-ring (bicyclic) bond motifs is 1. The van der Waals surface area contributed by atoms with Gasteiger partial charge in [0, 0.05) is 0 Å². The molecule has 1 aromatic rings. The Hall–Kier alpha value is -0.860. The van der Waals surface area contributed by atoms with E-state index in [9.17, 15) is 0 Å². The van der Waals surface area contributed by atoms with Crippen molar-refractivity contribution >= 4 is 0 Å². The molecule has 0 radical (unpaired) electrons. The maximum Gasteiger partial charge on any atom is -0.00196 e. The lowest BCUT2D eigenvalue weighted by molar-refractivity contribution is 0.541. The fraction of sp³-hybridized carbons (Fsp3) is 0.538. The van der Waals surface area contributed by atoms with E-state index in [0.29, 0.717) is 0 Å². The van der Waals surface area contributed by atoms with Crippen LogP contribution in [0.15, 0.2) is 24.3 Å². The molecule has 3 N–H and O–H groups in total. The zero-order valence-electron chi connectivity index (χ0n) is 9.21. The molecule has 1 saturated heterocycles. The van der Waals surface area contributed by atoms with Crippen molar-refractivity contribution in [3.05, 3.63) is 35.4 Å². The lowest BCUT2D eigenvalue weighted by Crippen LogP contribution is -2.12. The van der Waals surface area contributed by atoms with Crippen molar-refractivity contribution in [1.82, 2.24) is 5.32 Å². The van der Waals surface area contributed by atoms with Gasteiger partial charge in [-0.15, -0.1) is 0 Å². The van der Waals surface area contributed by atoms with Gasteiger partial charge in [-0.25, -0.2) is 0 Å². The summed E-state index contributed by atoms with van der Waals surface area (Å²) in [6.07, 6.45) is 3.77. The standard InChI is InChI=1S/C7H6.C6H14N2/c1-2-4-7-5-6(7)3-1;7-3-1-6-2-4-8-5-6/h1-4H,5H2;6,8H,1-5,7H2. The second kappa shape index (κ2) is 5.29. The van der Waals surface area contributed by atoms with Crippen molar-refractivity contribution in [2.24, 2.45) is 11.7 Å². The summed E-state index contributed by atoms with van der Waals surface area (Å²) < 4.78 is 0. The number of nitrogens with one attached hydrogen (secondary N) is 1. The van der Waals surface area contributed by atoms with Crippen LogP contribution in [-0.4, -0.2) is 19.6 Å². The van der Waals surface area contributed by atoms with Gasteiger partial charge in [-0.05, 0) is 55.9 Å². The Bertz CT molecular complexity index is 282. The van der Waals surface area contributed by atoms with E-state index >= 15 is 0 Å². The minimum atomic E-state index is 0.854. The average Bonchev–Trinajstić information content (AvgIpc) is 2.89. The summed E-state index contributed by atoms with van der Waals surface area (Å²) in [7, 11) is 0. The van der Waals surface area contributed by atoms with Gasteiger partial charge >= 0.3 is 0 Å². The lowest BCUT2D eigenvalue weighted by atomic mass is 10.1. The summed E-state index contributed by atoms with van der Waals surface area (Å²) in [5, 5.41) is 3.30. The van der Waals surface area contributed by atoms with Crippen LogP contribution in [-0.2, 0) is 6.42 Å². The number of hydrogen-bond acceptors (Lipinski definition) is 2. The van der Waals surface area contributed by atoms with Gasteiger partial charge in [-0.2, -0.15) is 0 Å². The molecule has 15 heavy (non-hydrogen) atoms. The molecule has 1 aliphatic carbocycles. The zero-order chi connectivity index (χ0) is 10.5. The molecule has 2 nitrogen and oxygen atoms in total. The second-order valence-electron chi connectivity index (χ2n) is 4.38. The first-order valence-electron chi connectivity index (χ1n) is 5.87. The van der Waals surface area contributed by atoms with E-state index in [1.54, 1.807) is 0 Å². The highest BCUT2D eigenvalue weighted by atomic mass is 14.9. The smallest absolute Gasteiger partial charge is 0.00196 e. The van der Waals surface area contributed by atoms with Crippen LogP contribution < -0.4 is 11.1 Å². The number of benzene rings is 1. The minimum absolute atomic E-state index is 0.854. The van der Waals surface area contributed by atoms with Crippen molar-refractivity contribution in [1.29, 1.82) is 0 Å². The van der Waals surface area contributed by atoms with E-state index in [2.05, 4.69) is 29.6 Å². The van der Waals surface area contributed by atoms with Gasteiger partial charge in [-0.1, -0.05) is 24.3 Å². The summed E-state index contributed by atoms with van der Waals surface area (Å²) in [5.41, 5.74) is 8.44. The third-order valence-corrected chi connectivity index (χ3v) is 3.11. The van der Waals surface area contributed by atoms with E-state index in [-0.39, 0.29) is 0 Å².